The number of nitrogens with zero attached hydrogens (tertiary/aromatic N) is 1. The molecule has 1 N–H and O–H groups in total. The van der Waals surface area contributed by atoms with Gasteiger partial charge in [-0.2, -0.15) is 0 Å². The molecule has 0 saturated heterocycles. The highest BCUT2D eigenvalue weighted by molar-refractivity contribution is 5.94. The lowest BCUT2D eigenvalue weighted by molar-refractivity contribution is -0.127. The van der Waals surface area contributed by atoms with Crippen molar-refractivity contribution >= 4 is 5.91 Å². The quantitative estimate of drug-likeness (QED) is 0.898. The molecule has 0 heterocycles. The number of benzene rings is 1. The van der Waals surface area contributed by atoms with Crippen LogP contribution in [0.5, 0.6) is 11.5 Å². The van der Waals surface area contributed by atoms with Crippen molar-refractivity contribution in [2.75, 3.05) is 13.7 Å². The minimum Gasteiger partial charge on any atom is -0.508 e. The number of rotatable bonds is 5. The molecule has 23 heavy (non-hydrogen) atoms. The summed E-state index contributed by atoms with van der Waals surface area (Å²) in [5, 5.41) is 9.76. The number of aromatic hydroxyl groups is 1. The van der Waals surface area contributed by atoms with Crippen LogP contribution in [0.2, 0.25) is 0 Å². The molecule has 1 aliphatic rings. The average Bonchev–Trinajstić information content (AvgIpc) is 2.55. The van der Waals surface area contributed by atoms with Gasteiger partial charge in [0.15, 0.2) is 0 Å². The summed E-state index contributed by atoms with van der Waals surface area (Å²) in [4.78, 5) is 14.4. The first kappa shape index (κ1) is 17.4. The second-order valence-corrected chi connectivity index (χ2v) is 6.49. The number of hydrogen-bond acceptors (Lipinski definition) is 3. The van der Waals surface area contributed by atoms with E-state index < -0.39 is 0 Å². The first-order chi connectivity index (χ1) is 10.9. The van der Waals surface area contributed by atoms with Gasteiger partial charge in [0, 0.05) is 24.2 Å². The molecule has 0 radical (unpaired) electrons. The van der Waals surface area contributed by atoms with E-state index in [-0.39, 0.29) is 17.7 Å². The van der Waals surface area contributed by atoms with Crippen molar-refractivity contribution in [3.8, 4) is 11.5 Å². The standard InChI is InChI=1S/C19H27NO3/c1-13(2)20(4)19(22)16-9-6-5-8-15(16)12-23-18-11-7-10-17(21)14(18)3/h7,10-11,13,21H,5-6,8-9,12H2,1-4H3. The van der Waals surface area contributed by atoms with Crippen LogP contribution in [0.25, 0.3) is 0 Å². The molecular formula is C19H27NO3. The largest absolute Gasteiger partial charge is 0.508 e. The highest BCUT2D eigenvalue weighted by Crippen LogP contribution is 2.30. The molecule has 1 amide bonds. The highest BCUT2D eigenvalue weighted by Gasteiger charge is 2.23. The molecule has 0 atom stereocenters. The molecule has 4 nitrogen and oxygen atoms in total. The van der Waals surface area contributed by atoms with Crippen LogP contribution in [0.3, 0.4) is 0 Å². The minimum absolute atomic E-state index is 0.117. The Bertz CT molecular complexity index is 605. The summed E-state index contributed by atoms with van der Waals surface area (Å²) in [6, 6.07) is 5.45. The summed E-state index contributed by atoms with van der Waals surface area (Å²) < 4.78 is 5.89. The van der Waals surface area contributed by atoms with Gasteiger partial charge in [-0.1, -0.05) is 6.07 Å². The maximum atomic E-state index is 12.7. The molecule has 1 aliphatic carbocycles. The van der Waals surface area contributed by atoms with Gasteiger partial charge in [-0.05, 0) is 64.2 Å². The van der Waals surface area contributed by atoms with Crippen LogP contribution in [0.1, 0.15) is 45.1 Å². The van der Waals surface area contributed by atoms with Crippen LogP contribution in [0, 0.1) is 6.92 Å². The smallest absolute Gasteiger partial charge is 0.249 e. The van der Waals surface area contributed by atoms with Crippen molar-refractivity contribution in [3.05, 3.63) is 34.9 Å². The van der Waals surface area contributed by atoms with Crippen molar-refractivity contribution in [2.45, 2.75) is 52.5 Å². The second-order valence-electron chi connectivity index (χ2n) is 6.49. The Hall–Kier alpha value is -1.97. The van der Waals surface area contributed by atoms with Gasteiger partial charge in [0.2, 0.25) is 5.91 Å². The monoisotopic (exact) mass is 317 g/mol. The van der Waals surface area contributed by atoms with E-state index in [0.717, 1.165) is 42.4 Å². The maximum absolute atomic E-state index is 12.7. The van der Waals surface area contributed by atoms with Gasteiger partial charge in [-0.25, -0.2) is 0 Å². The van der Waals surface area contributed by atoms with E-state index in [1.54, 1.807) is 17.0 Å². The third-order valence-corrected chi connectivity index (χ3v) is 4.59. The van der Waals surface area contributed by atoms with Gasteiger partial charge in [-0.15, -0.1) is 0 Å². The van der Waals surface area contributed by atoms with E-state index in [4.69, 9.17) is 4.74 Å². The molecule has 0 aliphatic heterocycles. The van der Waals surface area contributed by atoms with Gasteiger partial charge < -0.3 is 14.7 Å². The molecule has 0 bridgehead atoms. The molecule has 0 unspecified atom stereocenters. The van der Waals surface area contributed by atoms with Crippen LogP contribution >= 0.6 is 0 Å². The molecule has 1 aromatic rings. The summed E-state index contributed by atoms with van der Waals surface area (Å²) in [5.41, 5.74) is 2.73. The van der Waals surface area contributed by atoms with E-state index in [1.807, 2.05) is 33.9 Å². The normalized spacial score (nSPS) is 15.0. The summed E-state index contributed by atoms with van der Waals surface area (Å²) in [5.74, 6) is 1.02. The minimum atomic E-state index is 0.117. The number of phenolic OH excluding ortho intramolecular Hbond substituents is 1. The maximum Gasteiger partial charge on any atom is 0.249 e. The lowest BCUT2D eigenvalue weighted by atomic mass is 9.91. The molecule has 4 heteroatoms. The molecule has 2 rings (SSSR count). The number of carbonyl (C=O) groups excluding carboxylic acids is 1. The second kappa shape index (κ2) is 7.53. The Balaban J connectivity index is 2.17. The number of ether oxygens (including phenoxy) is 1. The predicted molar refractivity (Wildman–Crippen MR) is 91.7 cm³/mol. The van der Waals surface area contributed by atoms with Gasteiger partial charge >= 0.3 is 0 Å². The average molecular weight is 317 g/mol. The van der Waals surface area contributed by atoms with Crippen molar-refractivity contribution in [2.24, 2.45) is 0 Å². The number of hydrogen-bond donors (Lipinski definition) is 1. The van der Waals surface area contributed by atoms with Gasteiger partial charge in [-0.3, -0.25) is 4.79 Å². The van der Waals surface area contributed by atoms with Gasteiger partial charge in [0.25, 0.3) is 0 Å². The topological polar surface area (TPSA) is 49.8 Å². The Labute approximate surface area is 138 Å². The molecule has 0 aromatic heterocycles. The van der Waals surface area contributed by atoms with Crippen LogP contribution in [0.15, 0.2) is 29.3 Å². The van der Waals surface area contributed by atoms with Crippen molar-refractivity contribution in [1.82, 2.24) is 4.90 Å². The molecule has 0 fully saturated rings. The zero-order valence-electron chi connectivity index (χ0n) is 14.6. The van der Waals surface area contributed by atoms with Crippen molar-refractivity contribution < 1.29 is 14.6 Å². The predicted octanol–water partition coefficient (Wildman–Crippen LogP) is 3.82. The zero-order chi connectivity index (χ0) is 17.0. The molecule has 126 valence electrons. The fourth-order valence-electron chi connectivity index (χ4n) is 2.76. The summed E-state index contributed by atoms with van der Waals surface area (Å²) >= 11 is 0. The third-order valence-electron chi connectivity index (χ3n) is 4.59. The van der Waals surface area contributed by atoms with Crippen LogP contribution in [-0.2, 0) is 4.79 Å². The SMILES string of the molecule is Cc1c(O)cccc1OCC1=C(C(=O)N(C)C(C)C)CCCC1. The van der Waals surface area contributed by atoms with Crippen molar-refractivity contribution in [1.29, 1.82) is 0 Å². The van der Waals surface area contributed by atoms with Crippen LogP contribution < -0.4 is 4.74 Å². The Morgan fingerprint density at radius 3 is 2.70 bits per heavy atom. The lowest BCUT2D eigenvalue weighted by Gasteiger charge is -2.27. The Kier molecular flexibility index (Phi) is 5.69. The first-order valence-electron chi connectivity index (χ1n) is 8.31. The number of carbonyl (C=O) groups is 1. The summed E-state index contributed by atoms with van der Waals surface area (Å²) in [6.07, 6.45) is 3.89. The fourth-order valence-corrected chi connectivity index (χ4v) is 2.76. The number of amides is 1. The first-order valence-corrected chi connectivity index (χ1v) is 8.31. The summed E-state index contributed by atoms with van der Waals surface area (Å²) in [6.45, 7) is 6.29. The molecular weight excluding hydrogens is 290 g/mol. The Morgan fingerprint density at radius 1 is 1.30 bits per heavy atom. The van der Waals surface area contributed by atoms with Crippen molar-refractivity contribution in [3.63, 3.8) is 0 Å². The third kappa shape index (κ3) is 4.06. The van der Waals surface area contributed by atoms with E-state index in [1.165, 1.54) is 0 Å². The number of likely N-dealkylation sites (N-methyl/N-ethyl adjacent to an activating group) is 1. The Morgan fingerprint density at radius 2 is 2.00 bits per heavy atom. The highest BCUT2D eigenvalue weighted by atomic mass is 16.5. The molecule has 0 saturated carbocycles. The summed E-state index contributed by atoms with van der Waals surface area (Å²) in [7, 11) is 1.85. The van der Waals surface area contributed by atoms with Crippen LogP contribution in [-0.4, -0.2) is 35.6 Å². The van der Waals surface area contributed by atoms with E-state index in [2.05, 4.69) is 0 Å². The zero-order valence-corrected chi connectivity index (χ0v) is 14.6. The van der Waals surface area contributed by atoms with E-state index in [9.17, 15) is 9.90 Å². The van der Waals surface area contributed by atoms with Gasteiger partial charge in [0.05, 0.1) is 0 Å². The molecule has 0 spiro atoms. The van der Waals surface area contributed by atoms with E-state index in [0.29, 0.717) is 12.4 Å². The van der Waals surface area contributed by atoms with Crippen LogP contribution in [0.4, 0.5) is 0 Å². The fraction of sp³-hybridized carbons (Fsp3) is 0.526. The number of phenols is 1. The van der Waals surface area contributed by atoms with Gasteiger partial charge in [0.1, 0.15) is 18.1 Å². The molecule has 1 aromatic carbocycles. The van der Waals surface area contributed by atoms with E-state index >= 15 is 0 Å². The lowest BCUT2D eigenvalue weighted by Crippen LogP contribution is -2.35.